The van der Waals surface area contributed by atoms with Gasteiger partial charge in [0.1, 0.15) is 5.69 Å². The van der Waals surface area contributed by atoms with E-state index in [2.05, 4.69) is 20.1 Å². The van der Waals surface area contributed by atoms with E-state index >= 15 is 0 Å². The fraction of sp³-hybridized carbons (Fsp3) is 0.500. The lowest BCUT2D eigenvalue weighted by molar-refractivity contribution is 0.0307. The summed E-state index contributed by atoms with van der Waals surface area (Å²) in [6.45, 7) is 2.41. The number of aliphatic hydroxyl groups is 2. The van der Waals surface area contributed by atoms with Crippen molar-refractivity contribution in [3.8, 4) is 11.3 Å². The number of benzene rings is 1. The van der Waals surface area contributed by atoms with Crippen molar-refractivity contribution in [3.63, 3.8) is 0 Å². The lowest BCUT2D eigenvalue weighted by Gasteiger charge is -2.41. The average molecular weight is 443 g/mol. The molecule has 0 saturated carbocycles. The lowest BCUT2D eigenvalue weighted by atomic mass is 10.1. The van der Waals surface area contributed by atoms with Gasteiger partial charge in [-0.15, -0.1) is 10.2 Å². The van der Waals surface area contributed by atoms with Gasteiger partial charge in [0, 0.05) is 38.9 Å². The van der Waals surface area contributed by atoms with Crippen molar-refractivity contribution in [3.05, 3.63) is 28.2 Å². The quantitative estimate of drug-likeness (QED) is 0.574. The summed E-state index contributed by atoms with van der Waals surface area (Å²) in [5.74, 6) is 0.509. The Morgan fingerprint density at radius 2 is 2.10 bits per heavy atom. The highest BCUT2D eigenvalue weighted by molar-refractivity contribution is 6.43. The molecular formula is C18H24Cl2N6O3. The minimum absolute atomic E-state index is 0.0952. The molecule has 1 aromatic carbocycles. The second-order valence-electron chi connectivity index (χ2n) is 6.85. The van der Waals surface area contributed by atoms with E-state index in [-0.39, 0.29) is 25.1 Å². The molecule has 0 spiro atoms. The van der Waals surface area contributed by atoms with Gasteiger partial charge in [0.05, 0.1) is 35.4 Å². The maximum absolute atomic E-state index is 9.95. The number of nitrogen functional groups attached to an aromatic ring is 1. The molecule has 1 aromatic heterocycles. The molecule has 1 aliphatic rings. The van der Waals surface area contributed by atoms with Gasteiger partial charge in [-0.3, -0.25) is 4.90 Å². The van der Waals surface area contributed by atoms with Crippen molar-refractivity contribution in [2.24, 2.45) is 0 Å². The Labute approximate surface area is 179 Å². The van der Waals surface area contributed by atoms with E-state index in [4.69, 9.17) is 33.7 Å². The molecule has 2 unspecified atom stereocenters. The number of ether oxygens (including phenoxy) is 1. The van der Waals surface area contributed by atoms with Crippen LogP contribution < -0.4 is 10.6 Å². The van der Waals surface area contributed by atoms with E-state index in [0.717, 1.165) is 0 Å². The molecule has 2 atom stereocenters. The van der Waals surface area contributed by atoms with Gasteiger partial charge in [0.15, 0.2) is 5.82 Å². The Morgan fingerprint density at radius 3 is 2.79 bits per heavy atom. The maximum Gasteiger partial charge on any atom is 0.247 e. The van der Waals surface area contributed by atoms with Gasteiger partial charge in [-0.25, -0.2) is 0 Å². The first-order chi connectivity index (χ1) is 13.9. The summed E-state index contributed by atoms with van der Waals surface area (Å²) in [6, 6.07) is 4.92. The molecule has 0 aliphatic carbocycles. The summed E-state index contributed by atoms with van der Waals surface area (Å²) in [7, 11) is 1.55. The Morgan fingerprint density at radius 1 is 1.31 bits per heavy atom. The van der Waals surface area contributed by atoms with Gasteiger partial charge in [-0.2, -0.15) is 4.98 Å². The van der Waals surface area contributed by atoms with Crippen LogP contribution in [-0.4, -0.2) is 88.9 Å². The van der Waals surface area contributed by atoms with Gasteiger partial charge in [0.25, 0.3) is 0 Å². The normalized spacial score (nSPS) is 18.8. The third-order valence-electron chi connectivity index (χ3n) is 4.77. The number of aromatic nitrogens is 3. The molecule has 11 heteroatoms. The van der Waals surface area contributed by atoms with E-state index in [0.29, 0.717) is 53.4 Å². The number of nitrogens with two attached hydrogens (primary N) is 1. The van der Waals surface area contributed by atoms with Crippen LogP contribution >= 0.6 is 23.2 Å². The number of anilines is 2. The van der Waals surface area contributed by atoms with Gasteiger partial charge >= 0.3 is 0 Å². The van der Waals surface area contributed by atoms with Gasteiger partial charge in [-0.05, 0) is 6.07 Å². The molecular weight excluding hydrogens is 419 g/mol. The van der Waals surface area contributed by atoms with Gasteiger partial charge in [0.2, 0.25) is 5.95 Å². The molecule has 158 valence electrons. The largest absolute Gasteiger partial charge is 0.394 e. The number of rotatable bonds is 7. The van der Waals surface area contributed by atoms with Crippen LogP contribution in [0.2, 0.25) is 10.0 Å². The highest BCUT2D eigenvalue weighted by Gasteiger charge is 2.30. The Bertz CT molecular complexity index is 843. The Hall–Kier alpha value is -1.75. The van der Waals surface area contributed by atoms with Crippen LogP contribution in [0.3, 0.4) is 0 Å². The predicted octanol–water partition coefficient (Wildman–Crippen LogP) is 0.918. The molecule has 29 heavy (non-hydrogen) atoms. The van der Waals surface area contributed by atoms with Crippen molar-refractivity contribution in [2.75, 3.05) is 57.1 Å². The number of aliphatic hydroxyl groups excluding tert-OH is 2. The highest BCUT2D eigenvalue weighted by Crippen LogP contribution is 2.34. The second kappa shape index (κ2) is 9.84. The summed E-state index contributed by atoms with van der Waals surface area (Å²) in [4.78, 5) is 8.32. The SMILES string of the molecule is COCC(O)CN1CCN(c2nnc(-c3cccc(Cl)c3Cl)c(N)n2)C(CO)C1. The van der Waals surface area contributed by atoms with Crippen LogP contribution in [0, 0.1) is 0 Å². The number of halogens is 2. The summed E-state index contributed by atoms with van der Waals surface area (Å²) in [5, 5.41) is 28.9. The van der Waals surface area contributed by atoms with Gasteiger partial charge in [-0.1, -0.05) is 35.3 Å². The van der Waals surface area contributed by atoms with Crippen molar-refractivity contribution >= 4 is 35.0 Å². The van der Waals surface area contributed by atoms with Crippen molar-refractivity contribution in [2.45, 2.75) is 12.1 Å². The molecule has 4 N–H and O–H groups in total. The van der Waals surface area contributed by atoms with Crippen LogP contribution in [0.1, 0.15) is 0 Å². The summed E-state index contributed by atoms with van der Waals surface area (Å²) in [6.07, 6.45) is -0.582. The van der Waals surface area contributed by atoms with Crippen molar-refractivity contribution < 1.29 is 14.9 Å². The minimum atomic E-state index is -0.582. The number of hydrogen-bond acceptors (Lipinski definition) is 9. The topological polar surface area (TPSA) is 121 Å². The molecule has 0 bridgehead atoms. The Kier molecular flexibility index (Phi) is 7.44. The van der Waals surface area contributed by atoms with Crippen LogP contribution in [0.4, 0.5) is 11.8 Å². The first kappa shape index (κ1) is 21.9. The lowest BCUT2D eigenvalue weighted by Crippen LogP contribution is -2.56. The second-order valence-corrected chi connectivity index (χ2v) is 7.63. The number of β-amino-alcohol motifs (C(OH)–C–C–N with tert-alkyl or cyclic N) is 1. The minimum Gasteiger partial charge on any atom is -0.394 e. The molecule has 1 aliphatic heterocycles. The summed E-state index contributed by atoms with van der Waals surface area (Å²) >= 11 is 12.3. The molecule has 9 nitrogen and oxygen atoms in total. The highest BCUT2D eigenvalue weighted by atomic mass is 35.5. The van der Waals surface area contributed by atoms with Crippen LogP contribution in [0.15, 0.2) is 18.2 Å². The smallest absolute Gasteiger partial charge is 0.247 e. The molecule has 0 radical (unpaired) electrons. The number of piperazine rings is 1. The fourth-order valence-corrected chi connectivity index (χ4v) is 3.77. The monoisotopic (exact) mass is 442 g/mol. The zero-order valence-corrected chi connectivity index (χ0v) is 17.5. The molecule has 1 fully saturated rings. The van der Waals surface area contributed by atoms with E-state index in [1.807, 2.05) is 4.90 Å². The molecule has 2 aromatic rings. The van der Waals surface area contributed by atoms with Crippen molar-refractivity contribution in [1.82, 2.24) is 20.1 Å². The molecule has 3 rings (SSSR count). The fourth-order valence-electron chi connectivity index (χ4n) is 3.38. The van der Waals surface area contributed by atoms with Crippen LogP contribution in [-0.2, 0) is 4.74 Å². The Balaban J connectivity index is 1.77. The third kappa shape index (κ3) is 5.06. The third-order valence-corrected chi connectivity index (χ3v) is 5.59. The van der Waals surface area contributed by atoms with E-state index in [1.165, 1.54) is 0 Å². The standard InChI is InChI=1S/C18H24Cl2N6O3/c1-29-10-12(28)8-25-5-6-26(11(7-25)9-27)18-22-17(21)16(23-24-18)13-3-2-4-14(19)15(13)20/h2-4,11-12,27-28H,5-10H2,1H3,(H2,21,22,24). The average Bonchev–Trinajstić information content (AvgIpc) is 2.70. The summed E-state index contributed by atoms with van der Waals surface area (Å²) < 4.78 is 4.97. The maximum atomic E-state index is 9.95. The summed E-state index contributed by atoms with van der Waals surface area (Å²) in [5.41, 5.74) is 7.04. The first-order valence-corrected chi connectivity index (χ1v) is 9.91. The predicted molar refractivity (Wildman–Crippen MR) is 112 cm³/mol. The number of methoxy groups -OCH3 is 1. The van der Waals surface area contributed by atoms with Crippen molar-refractivity contribution in [1.29, 1.82) is 0 Å². The van der Waals surface area contributed by atoms with Gasteiger partial charge < -0.3 is 25.6 Å². The zero-order valence-electron chi connectivity index (χ0n) is 16.0. The first-order valence-electron chi connectivity index (χ1n) is 9.16. The molecule has 2 heterocycles. The van der Waals surface area contributed by atoms with E-state index in [1.54, 1.807) is 25.3 Å². The number of hydrogen-bond donors (Lipinski definition) is 3. The molecule has 1 saturated heterocycles. The van der Waals surface area contributed by atoms with Crippen LogP contribution in [0.5, 0.6) is 0 Å². The molecule has 0 amide bonds. The number of nitrogens with zero attached hydrogens (tertiary/aromatic N) is 5. The van der Waals surface area contributed by atoms with E-state index in [9.17, 15) is 10.2 Å². The van der Waals surface area contributed by atoms with Crippen LogP contribution in [0.25, 0.3) is 11.3 Å². The van der Waals surface area contributed by atoms with E-state index < -0.39 is 6.10 Å². The zero-order chi connectivity index (χ0) is 21.0.